The number of ether oxygens (including phenoxy) is 1. The van der Waals surface area contributed by atoms with Gasteiger partial charge in [-0.1, -0.05) is 36.8 Å². The van der Waals surface area contributed by atoms with Crippen LogP contribution in [0.4, 0.5) is 5.69 Å². The number of hydrogen-bond acceptors (Lipinski definition) is 4. The Morgan fingerprint density at radius 1 is 0.966 bits per heavy atom. The van der Waals surface area contributed by atoms with E-state index in [-0.39, 0.29) is 17.9 Å². The third-order valence-electron chi connectivity index (χ3n) is 6.42. The minimum Gasteiger partial charge on any atom is -0.497 e. The molecule has 1 fully saturated rings. The van der Waals surface area contributed by atoms with Crippen LogP contribution < -0.4 is 9.64 Å². The highest BCUT2D eigenvalue weighted by Crippen LogP contribution is 2.39. The first-order chi connectivity index (χ1) is 14.2. The van der Waals surface area contributed by atoms with Crippen LogP contribution in [0, 0.1) is 0 Å². The maximum Gasteiger partial charge on any atom is 0.149 e. The van der Waals surface area contributed by atoms with Crippen molar-refractivity contribution in [2.45, 2.75) is 51.1 Å². The molecule has 2 unspecified atom stereocenters. The number of ketones is 1. The molecular formula is C25H32N2O2. The standard InChI is InChI=1S/C25H32N2O2/c1-19(28)24(26-15-7-4-8-16-26)25(20-10-5-3-6-11-20)27-17-9-12-21-18-22(29-2)13-14-23(21)27/h3,5-6,10-11,13-14,18,24-25H,4,7-9,12,15-17H2,1-2H3. The van der Waals surface area contributed by atoms with Crippen LogP contribution in [0.2, 0.25) is 0 Å². The molecule has 4 rings (SSSR count). The van der Waals surface area contributed by atoms with Gasteiger partial charge < -0.3 is 9.64 Å². The van der Waals surface area contributed by atoms with Gasteiger partial charge in [0.05, 0.1) is 19.2 Å². The van der Waals surface area contributed by atoms with Crippen LogP contribution in [0.5, 0.6) is 5.75 Å². The van der Waals surface area contributed by atoms with E-state index >= 15 is 0 Å². The molecule has 2 atom stereocenters. The second-order valence-corrected chi connectivity index (χ2v) is 8.30. The molecule has 0 N–H and O–H groups in total. The lowest BCUT2D eigenvalue weighted by Gasteiger charge is -2.45. The molecule has 0 bridgehead atoms. The number of hydrogen-bond donors (Lipinski definition) is 0. The summed E-state index contributed by atoms with van der Waals surface area (Å²) in [7, 11) is 1.72. The monoisotopic (exact) mass is 392 g/mol. The number of methoxy groups -OCH3 is 1. The van der Waals surface area contributed by atoms with Gasteiger partial charge in [0.15, 0.2) is 0 Å². The summed E-state index contributed by atoms with van der Waals surface area (Å²) in [6.07, 6.45) is 5.77. The summed E-state index contributed by atoms with van der Waals surface area (Å²) in [6.45, 7) is 4.76. The van der Waals surface area contributed by atoms with Gasteiger partial charge in [-0.3, -0.25) is 9.69 Å². The number of likely N-dealkylation sites (tertiary alicyclic amines) is 1. The maximum atomic E-state index is 13.0. The summed E-state index contributed by atoms with van der Waals surface area (Å²) in [6, 6.07) is 16.9. The van der Waals surface area contributed by atoms with Crippen LogP contribution in [0.1, 0.15) is 49.8 Å². The summed E-state index contributed by atoms with van der Waals surface area (Å²) in [4.78, 5) is 17.9. The van der Waals surface area contributed by atoms with Gasteiger partial charge in [0.1, 0.15) is 11.5 Å². The lowest BCUT2D eigenvalue weighted by molar-refractivity contribution is -0.123. The Labute approximate surface area is 174 Å². The van der Waals surface area contributed by atoms with Crippen LogP contribution in [0.3, 0.4) is 0 Å². The molecule has 0 spiro atoms. The third-order valence-corrected chi connectivity index (χ3v) is 6.42. The summed E-state index contributed by atoms with van der Waals surface area (Å²) < 4.78 is 5.46. The van der Waals surface area contributed by atoms with Crippen molar-refractivity contribution in [2.75, 3.05) is 31.6 Å². The first-order valence-electron chi connectivity index (χ1n) is 10.9. The fourth-order valence-electron chi connectivity index (χ4n) is 5.08. The smallest absolute Gasteiger partial charge is 0.149 e. The molecule has 2 heterocycles. The molecule has 1 saturated heterocycles. The van der Waals surface area contributed by atoms with Gasteiger partial charge in [0.2, 0.25) is 0 Å². The lowest BCUT2D eigenvalue weighted by Crippen LogP contribution is -2.52. The summed E-state index contributed by atoms with van der Waals surface area (Å²) in [5, 5.41) is 0. The molecule has 2 aromatic rings. The molecule has 0 saturated carbocycles. The summed E-state index contributed by atoms with van der Waals surface area (Å²) in [5.41, 5.74) is 3.79. The van der Waals surface area contributed by atoms with Crippen LogP contribution in [-0.4, -0.2) is 43.5 Å². The number of nitrogens with zero attached hydrogens (tertiary/aromatic N) is 2. The Kier molecular flexibility index (Phi) is 6.19. The number of fused-ring (bicyclic) bond motifs is 1. The van der Waals surface area contributed by atoms with Gasteiger partial charge in [-0.05, 0) is 75.0 Å². The van der Waals surface area contributed by atoms with Gasteiger partial charge >= 0.3 is 0 Å². The summed E-state index contributed by atoms with van der Waals surface area (Å²) in [5.74, 6) is 1.17. The van der Waals surface area contributed by atoms with Gasteiger partial charge in [0.25, 0.3) is 0 Å². The zero-order chi connectivity index (χ0) is 20.2. The Balaban J connectivity index is 1.79. The highest BCUT2D eigenvalue weighted by molar-refractivity contribution is 5.83. The highest BCUT2D eigenvalue weighted by Gasteiger charge is 2.38. The highest BCUT2D eigenvalue weighted by atomic mass is 16.5. The average molecular weight is 393 g/mol. The van der Waals surface area contributed by atoms with Crippen LogP contribution >= 0.6 is 0 Å². The number of anilines is 1. The van der Waals surface area contributed by atoms with Crippen LogP contribution in [0.15, 0.2) is 48.5 Å². The molecule has 2 aromatic carbocycles. The van der Waals surface area contributed by atoms with Crippen LogP contribution in [-0.2, 0) is 11.2 Å². The van der Waals surface area contributed by atoms with E-state index in [4.69, 9.17) is 4.74 Å². The SMILES string of the molecule is COc1ccc2c(c1)CCCN2C(c1ccccc1)C(C(C)=O)N1CCCCC1. The number of Topliss-reactive ketones (excluding diaryl/α,β-unsaturated/α-hetero) is 1. The fraction of sp³-hybridized carbons (Fsp3) is 0.480. The molecule has 2 aliphatic heterocycles. The van der Waals surface area contributed by atoms with E-state index in [2.05, 4.69) is 52.3 Å². The Hall–Kier alpha value is -2.33. The molecule has 4 heteroatoms. The predicted molar refractivity (Wildman–Crippen MR) is 118 cm³/mol. The number of carbonyl (C=O) groups is 1. The van der Waals surface area contributed by atoms with Crippen molar-refractivity contribution in [1.82, 2.24) is 4.90 Å². The minimum absolute atomic E-state index is 0.0271. The Morgan fingerprint density at radius 3 is 2.41 bits per heavy atom. The predicted octanol–water partition coefficient (Wildman–Crippen LogP) is 4.63. The molecule has 0 aromatic heterocycles. The quantitative estimate of drug-likeness (QED) is 0.717. The zero-order valence-corrected chi connectivity index (χ0v) is 17.6. The number of aryl methyl sites for hydroxylation is 1. The van der Waals surface area contributed by atoms with Crippen molar-refractivity contribution in [3.8, 4) is 5.75 Å². The van der Waals surface area contributed by atoms with Crippen molar-refractivity contribution < 1.29 is 9.53 Å². The van der Waals surface area contributed by atoms with E-state index in [0.29, 0.717) is 0 Å². The van der Waals surface area contributed by atoms with Gasteiger partial charge in [-0.15, -0.1) is 0 Å². The fourth-order valence-corrected chi connectivity index (χ4v) is 5.08. The van der Waals surface area contributed by atoms with E-state index in [0.717, 1.165) is 38.2 Å². The number of benzene rings is 2. The molecule has 154 valence electrons. The van der Waals surface area contributed by atoms with Crippen molar-refractivity contribution in [3.05, 3.63) is 59.7 Å². The molecule has 4 nitrogen and oxygen atoms in total. The topological polar surface area (TPSA) is 32.8 Å². The summed E-state index contributed by atoms with van der Waals surface area (Å²) >= 11 is 0. The zero-order valence-electron chi connectivity index (χ0n) is 17.6. The third kappa shape index (κ3) is 4.18. The van der Waals surface area contributed by atoms with E-state index in [9.17, 15) is 4.79 Å². The molecule has 0 amide bonds. The first-order valence-corrected chi connectivity index (χ1v) is 10.9. The van der Waals surface area contributed by atoms with E-state index < -0.39 is 0 Å². The van der Waals surface area contributed by atoms with Gasteiger partial charge in [0, 0.05) is 12.2 Å². The number of piperidine rings is 1. The molecule has 29 heavy (non-hydrogen) atoms. The second-order valence-electron chi connectivity index (χ2n) is 8.30. The number of rotatable bonds is 6. The molecule has 2 aliphatic rings. The second kappa shape index (κ2) is 9.00. The molecule has 0 radical (unpaired) electrons. The molecular weight excluding hydrogens is 360 g/mol. The Morgan fingerprint density at radius 2 is 1.72 bits per heavy atom. The van der Waals surface area contributed by atoms with E-state index in [1.54, 1.807) is 14.0 Å². The minimum atomic E-state index is -0.120. The van der Waals surface area contributed by atoms with E-state index in [1.165, 1.54) is 36.1 Å². The maximum absolute atomic E-state index is 13.0. The van der Waals surface area contributed by atoms with Crippen molar-refractivity contribution in [2.24, 2.45) is 0 Å². The first kappa shape index (κ1) is 20.0. The largest absolute Gasteiger partial charge is 0.497 e. The van der Waals surface area contributed by atoms with Gasteiger partial charge in [-0.25, -0.2) is 0 Å². The van der Waals surface area contributed by atoms with Crippen molar-refractivity contribution in [1.29, 1.82) is 0 Å². The number of carbonyl (C=O) groups excluding carboxylic acids is 1. The van der Waals surface area contributed by atoms with Crippen molar-refractivity contribution >= 4 is 11.5 Å². The van der Waals surface area contributed by atoms with Gasteiger partial charge in [-0.2, -0.15) is 0 Å². The Bertz CT molecular complexity index is 830. The molecule has 0 aliphatic carbocycles. The average Bonchev–Trinajstić information content (AvgIpc) is 2.77. The normalized spacial score (nSPS) is 19.3. The van der Waals surface area contributed by atoms with E-state index in [1.807, 2.05) is 6.07 Å². The van der Waals surface area contributed by atoms with Crippen LogP contribution in [0.25, 0.3) is 0 Å². The van der Waals surface area contributed by atoms with Crippen molar-refractivity contribution in [3.63, 3.8) is 0 Å². The lowest BCUT2D eigenvalue weighted by atomic mass is 9.89.